The van der Waals surface area contributed by atoms with Crippen LogP contribution in [0.5, 0.6) is 0 Å². The molecule has 6 heteroatoms. The van der Waals surface area contributed by atoms with Gasteiger partial charge in [0.2, 0.25) is 0 Å². The van der Waals surface area contributed by atoms with Gasteiger partial charge in [-0.25, -0.2) is 13.2 Å². The van der Waals surface area contributed by atoms with Crippen molar-refractivity contribution < 1.29 is 17.9 Å². The molecule has 0 aliphatic rings. The van der Waals surface area contributed by atoms with Gasteiger partial charge in [-0.3, -0.25) is 0 Å². The van der Waals surface area contributed by atoms with E-state index < -0.39 is 21.3 Å². The molecule has 100 valence electrons. The first-order chi connectivity index (χ1) is 8.52. The Morgan fingerprint density at radius 1 is 1.28 bits per heavy atom. The first-order valence-electron chi connectivity index (χ1n) is 5.74. The molecule has 1 unspecified atom stereocenters. The lowest BCUT2D eigenvalue weighted by molar-refractivity contribution is 0.150. The number of hydrogen-bond donors (Lipinski definition) is 1. The molecule has 0 radical (unpaired) electrons. The molecule has 0 fully saturated rings. The molecule has 1 aromatic carbocycles. The van der Waals surface area contributed by atoms with E-state index in [2.05, 4.69) is 5.32 Å². The zero-order chi connectivity index (χ0) is 13.6. The molecule has 1 amide bonds. The smallest absolute Gasteiger partial charge is 0.408 e. The normalized spacial score (nSPS) is 12.8. The van der Waals surface area contributed by atoms with E-state index in [-0.39, 0.29) is 17.9 Å². The lowest BCUT2D eigenvalue weighted by Gasteiger charge is -2.17. The fourth-order valence-electron chi connectivity index (χ4n) is 1.48. The van der Waals surface area contributed by atoms with Crippen LogP contribution in [-0.2, 0) is 14.6 Å². The Hall–Kier alpha value is -1.56. The zero-order valence-electron chi connectivity index (χ0n) is 10.4. The van der Waals surface area contributed by atoms with E-state index in [1.54, 1.807) is 32.0 Å². The summed E-state index contributed by atoms with van der Waals surface area (Å²) in [5.41, 5.74) is 0. The predicted octanol–water partition coefficient (Wildman–Crippen LogP) is 1.94. The minimum atomic E-state index is -3.58. The first-order valence-corrected chi connectivity index (χ1v) is 7.29. The number of alkyl carbamates (subject to hydrolysis) is 1. The third-order valence-electron chi connectivity index (χ3n) is 2.37. The highest BCUT2D eigenvalue weighted by Crippen LogP contribution is 2.16. The number of carbonyl (C=O) groups excluding carboxylic acids is 1. The van der Waals surface area contributed by atoms with Crippen LogP contribution in [0.4, 0.5) is 4.79 Å². The molecule has 0 saturated carbocycles. The average Bonchev–Trinajstić information content (AvgIpc) is 2.37. The molecular weight excluding hydrogens is 254 g/mol. The minimum absolute atomic E-state index is 0.189. The number of rotatable bonds is 5. The molecule has 1 aromatic rings. The summed E-state index contributed by atoms with van der Waals surface area (Å²) >= 11 is 0. The van der Waals surface area contributed by atoms with Gasteiger partial charge in [0.25, 0.3) is 0 Å². The van der Waals surface area contributed by atoms with Crippen molar-refractivity contribution in [3.05, 3.63) is 30.3 Å². The van der Waals surface area contributed by atoms with Crippen molar-refractivity contribution >= 4 is 15.9 Å². The van der Waals surface area contributed by atoms with Crippen molar-refractivity contribution in [2.45, 2.75) is 30.5 Å². The molecule has 5 nitrogen and oxygen atoms in total. The Morgan fingerprint density at radius 2 is 1.89 bits per heavy atom. The fraction of sp³-hybridized carbons (Fsp3) is 0.417. The summed E-state index contributed by atoms with van der Waals surface area (Å²) in [5, 5.41) is 1.38. The van der Waals surface area contributed by atoms with Gasteiger partial charge in [0, 0.05) is 0 Å². The van der Waals surface area contributed by atoms with E-state index in [1.807, 2.05) is 0 Å². The maximum absolute atomic E-state index is 12.2. The number of sulfone groups is 1. The highest BCUT2D eigenvalue weighted by molar-refractivity contribution is 7.92. The van der Waals surface area contributed by atoms with Gasteiger partial charge < -0.3 is 10.1 Å². The van der Waals surface area contributed by atoms with Crippen LogP contribution in [0.2, 0.25) is 0 Å². The Bertz CT molecular complexity index is 484. The molecule has 0 spiro atoms. The molecule has 0 aliphatic carbocycles. The molecule has 0 aromatic heterocycles. The lowest BCUT2D eigenvalue weighted by atomic mass is 10.4. The van der Waals surface area contributed by atoms with Crippen molar-refractivity contribution in [3.8, 4) is 0 Å². The SMILES string of the molecule is CCOC(=O)NC(CC)S(=O)(=O)c1ccccc1. The topological polar surface area (TPSA) is 72.5 Å². The molecule has 18 heavy (non-hydrogen) atoms. The van der Waals surface area contributed by atoms with Gasteiger partial charge in [0.05, 0.1) is 11.5 Å². The summed E-state index contributed by atoms with van der Waals surface area (Å²) in [7, 11) is -3.58. The van der Waals surface area contributed by atoms with Crippen LogP contribution in [0, 0.1) is 0 Å². The number of benzene rings is 1. The summed E-state index contributed by atoms with van der Waals surface area (Å²) < 4.78 is 29.2. The van der Waals surface area contributed by atoms with E-state index in [4.69, 9.17) is 4.74 Å². The fourth-order valence-corrected chi connectivity index (χ4v) is 3.03. The molecule has 1 atom stereocenters. The van der Waals surface area contributed by atoms with Crippen LogP contribution < -0.4 is 5.32 Å². The van der Waals surface area contributed by atoms with Crippen LogP contribution in [0.25, 0.3) is 0 Å². The maximum Gasteiger partial charge on any atom is 0.408 e. The van der Waals surface area contributed by atoms with Gasteiger partial charge in [-0.1, -0.05) is 25.1 Å². The molecule has 0 bridgehead atoms. The monoisotopic (exact) mass is 271 g/mol. The average molecular weight is 271 g/mol. The second-order valence-electron chi connectivity index (χ2n) is 3.62. The Morgan fingerprint density at radius 3 is 2.39 bits per heavy atom. The molecular formula is C12H17NO4S. The highest BCUT2D eigenvalue weighted by atomic mass is 32.2. The first kappa shape index (κ1) is 14.5. The summed E-state index contributed by atoms with van der Waals surface area (Å²) in [5.74, 6) is 0. The number of nitrogens with one attached hydrogen (secondary N) is 1. The minimum Gasteiger partial charge on any atom is -0.450 e. The van der Waals surface area contributed by atoms with Gasteiger partial charge >= 0.3 is 6.09 Å². The second kappa shape index (κ2) is 6.39. The Kier molecular flexibility index (Phi) is 5.15. The Balaban J connectivity index is 2.91. The molecule has 1 rings (SSSR count). The third-order valence-corrected chi connectivity index (χ3v) is 4.50. The van der Waals surface area contributed by atoms with Crippen LogP contribution in [0.1, 0.15) is 20.3 Å². The highest BCUT2D eigenvalue weighted by Gasteiger charge is 2.27. The van der Waals surface area contributed by atoms with E-state index >= 15 is 0 Å². The van der Waals surface area contributed by atoms with Gasteiger partial charge in [0.15, 0.2) is 9.84 Å². The van der Waals surface area contributed by atoms with Crippen LogP contribution in [-0.4, -0.2) is 26.5 Å². The van der Waals surface area contributed by atoms with Gasteiger partial charge in [-0.2, -0.15) is 0 Å². The summed E-state index contributed by atoms with van der Waals surface area (Å²) in [6.45, 7) is 3.55. The van der Waals surface area contributed by atoms with Crippen molar-refractivity contribution in [1.82, 2.24) is 5.32 Å². The van der Waals surface area contributed by atoms with E-state index in [1.165, 1.54) is 12.1 Å². The summed E-state index contributed by atoms with van der Waals surface area (Å²) in [6, 6.07) is 8.03. The van der Waals surface area contributed by atoms with Crippen molar-refractivity contribution in [3.63, 3.8) is 0 Å². The largest absolute Gasteiger partial charge is 0.450 e. The van der Waals surface area contributed by atoms with Crippen LogP contribution >= 0.6 is 0 Å². The van der Waals surface area contributed by atoms with E-state index in [9.17, 15) is 13.2 Å². The maximum atomic E-state index is 12.2. The van der Waals surface area contributed by atoms with Crippen molar-refractivity contribution in [1.29, 1.82) is 0 Å². The third kappa shape index (κ3) is 3.46. The van der Waals surface area contributed by atoms with E-state index in [0.29, 0.717) is 0 Å². The lowest BCUT2D eigenvalue weighted by Crippen LogP contribution is -2.40. The number of ether oxygens (including phenoxy) is 1. The Labute approximate surface area is 107 Å². The van der Waals surface area contributed by atoms with Crippen LogP contribution in [0.15, 0.2) is 35.2 Å². The van der Waals surface area contributed by atoms with Gasteiger partial charge in [0.1, 0.15) is 5.37 Å². The summed E-state index contributed by atoms with van der Waals surface area (Å²) in [6.07, 6.45) is -0.445. The van der Waals surface area contributed by atoms with Gasteiger partial charge in [-0.05, 0) is 25.5 Å². The number of hydrogen-bond acceptors (Lipinski definition) is 4. The summed E-state index contributed by atoms with van der Waals surface area (Å²) in [4.78, 5) is 11.5. The standard InChI is InChI=1S/C12H17NO4S/c1-3-11(13-12(14)17-4-2)18(15,16)10-8-6-5-7-9-10/h5-9,11H,3-4H2,1-2H3,(H,13,14). The van der Waals surface area contributed by atoms with Crippen molar-refractivity contribution in [2.75, 3.05) is 6.61 Å². The van der Waals surface area contributed by atoms with Crippen LogP contribution in [0.3, 0.4) is 0 Å². The zero-order valence-corrected chi connectivity index (χ0v) is 11.2. The molecule has 1 N–H and O–H groups in total. The predicted molar refractivity (Wildman–Crippen MR) is 67.9 cm³/mol. The number of amides is 1. The molecule has 0 saturated heterocycles. The van der Waals surface area contributed by atoms with Crippen molar-refractivity contribution in [2.24, 2.45) is 0 Å². The molecule has 0 aliphatic heterocycles. The number of carbonyl (C=O) groups is 1. The van der Waals surface area contributed by atoms with Gasteiger partial charge in [-0.15, -0.1) is 0 Å². The van der Waals surface area contributed by atoms with E-state index in [0.717, 1.165) is 0 Å². The second-order valence-corrected chi connectivity index (χ2v) is 5.75. The quantitative estimate of drug-likeness (QED) is 0.888. The molecule has 0 heterocycles.